The van der Waals surface area contributed by atoms with E-state index in [0.717, 1.165) is 25.2 Å². The quantitative estimate of drug-likeness (QED) is 0.779. The molecule has 2 aromatic rings. The van der Waals surface area contributed by atoms with Crippen molar-refractivity contribution < 1.29 is 18.0 Å². The molecule has 1 unspecified atom stereocenters. The van der Waals surface area contributed by atoms with Crippen LogP contribution in [0.25, 0.3) is 0 Å². The van der Waals surface area contributed by atoms with E-state index in [1.54, 1.807) is 19.1 Å². The Hall–Kier alpha value is -2.87. The van der Waals surface area contributed by atoms with Gasteiger partial charge in [-0.2, -0.15) is 0 Å². The third kappa shape index (κ3) is 4.90. The lowest BCUT2D eigenvalue weighted by Crippen LogP contribution is -2.51. The molecule has 1 fully saturated rings. The van der Waals surface area contributed by atoms with E-state index in [1.807, 2.05) is 12.1 Å². The molecule has 2 aliphatic heterocycles. The molecule has 1 atom stereocenters. The topological polar surface area (TPSA) is 86.8 Å². The molecule has 0 bridgehead atoms. The van der Waals surface area contributed by atoms with Crippen molar-refractivity contribution in [3.8, 4) is 0 Å². The molecule has 0 radical (unpaired) electrons. The molecule has 0 spiro atoms. The number of hydrogen-bond donors (Lipinski definition) is 1. The van der Waals surface area contributed by atoms with Crippen LogP contribution in [0.4, 0.5) is 5.69 Å². The van der Waals surface area contributed by atoms with E-state index >= 15 is 0 Å². The van der Waals surface area contributed by atoms with Crippen molar-refractivity contribution in [3.05, 3.63) is 65.2 Å². The van der Waals surface area contributed by atoms with Gasteiger partial charge in [0, 0.05) is 37.4 Å². The Morgan fingerprint density at radius 3 is 2.26 bits per heavy atom. The maximum absolute atomic E-state index is 12.6. The van der Waals surface area contributed by atoms with Gasteiger partial charge in [-0.3, -0.25) is 9.59 Å². The van der Waals surface area contributed by atoms with Crippen LogP contribution in [0.5, 0.6) is 0 Å². The highest BCUT2D eigenvalue weighted by Crippen LogP contribution is 2.24. The number of fused-ring (bicyclic) bond motifs is 1. The average molecular weight is 442 g/mol. The lowest BCUT2D eigenvalue weighted by molar-refractivity contribution is -0.132. The van der Waals surface area contributed by atoms with Crippen LogP contribution < -0.4 is 10.2 Å². The van der Waals surface area contributed by atoms with Gasteiger partial charge < -0.3 is 15.1 Å². The molecule has 2 heterocycles. The van der Waals surface area contributed by atoms with Crippen molar-refractivity contribution in [1.82, 2.24) is 10.2 Å². The first kappa shape index (κ1) is 21.4. The van der Waals surface area contributed by atoms with Crippen molar-refractivity contribution in [2.24, 2.45) is 0 Å². The van der Waals surface area contributed by atoms with Crippen molar-refractivity contribution in [1.29, 1.82) is 0 Å². The first-order chi connectivity index (χ1) is 14.8. The van der Waals surface area contributed by atoms with E-state index in [9.17, 15) is 18.0 Å². The molecular formula is C23H27N3O4S. The van der Waals surface area contributed by atoms with Gasteiger partial charge in [0.05, 0.1) is 11.5 Å². The number of anilines is 1. The van der Waals surface area contributed by atoms with Gasteiger partial charge in [-0.15, -0.1) is 0 Å². The Kier molecular flexibility index (Phi) is 6.00. The fraction of sp³-hybridized carbons (Fsp3) is 0.391. The van der Waals surface area contributed by atoms with Crippen LogP contribution in [0.2, 0.25) is 0 Å². The van der Waals surface area contributed by atoms with E-state index in [0.29, 0.717) is 5.56 Å². The molecule has 2 aromatic carbocycles. The molecule has 1 saturated heterocycles. The standard InChI is InChI=1S/C23H27N3O4S/c1-17(23(28)25-12-14-31(29,30)15-13-25)24-22(27)19-6-8-21(9-7-19)26-11-10-18-4-2-3-5-20(18)16-26/h2-9,17H,10-16H2,1H3,(H,24,27). The second-order valence-corrected chi connectivity index (χ2v) is 10.5. The third-order valence-electron chi connectivity index (χ3n) is 6.00. The molecule has 0 aromatic heterocycles. The van der Waals surface area contributed by atoms with Crippen LogP contribution in [0, 0.1) is 0 Å². The van der Waals surface area contributed by atoms with E-state index in [2.05, 4.69) is 34.5 Å². The summed E-state index contributed by atoms with van der Waals surface area (Å²) in [5.74, 6) is -0.628. The summed E-state index contributed by atoms with van der Waals surface area (Å²) in [5, 5.41) is 2.73. The molecule has 4 rings (SSSR count). The van der Waals surface area contributed by atoms with Gasteiger partial charge in [-0.25, -0.2) is 8.42 Å². The number of nitrogens with one attached hydrogen (secondary N) is 1. The highest BCUT2D eigenvalue weighted by atomic mass is 32.2. The molecular weight excluding hydrogens is 414 g/mol. The van der Waals surface area contributed by atoms with Gasteiger partial charge in [-0.1, -0.05) is 24.3 Å². The van der Waals surface area contributed by atoms with Gasteiger partial charge in [0.2, 0.25) is 5.91 Å². The Bertz CT molecular complexity index is 1070. The summed E-state index contributed by atoms with van der Waals surface area (Å²) in [5.41, 5.74) is 4.26. The third-order valence-corrected chi connectivity index (χ3v) is 7.61. The lowest BCUT2D eigenvalue weighted by atomic mass is 9.99. The van der Waals surface area contributed by atoms with Crippen molar-refractivity contribution >= 4 is 27.3 Å². The Morgan fingerprint density at radius 2 is 1.58 bits per heavy atom. The molecule has 0 aliphatic carbocycles. The van der Waals surface area contributed by atoms with Crippen molar-refractivity contribution in [2.45, 2.75) is 25.9 Å². The summed E-state index contributed by atoms with van der Waals surface area (Å²) in [6, 6.07) is 15.2. The number of benzene rings is 2. The predicted molar refractivity (Wildman–Crippen MR) is 120 cm³/mol. The number of hydrogen-bond acceptors (Lipinski definition) is 5. The summed E-state index contributed by atoms with van der Waals surface area (Å²) >= 11 is 0. The lowest BCUT2D eigenvalue weighted by Gasteiger charge is -2.31. The highest BCUT2D eigenvalue weighted by molar-refractivity contribution is 7.91. The molecule has 1 N–H and O–H groups in total. The Labute approximate surface area is 183 Å². The summed E-state index contributed by atoms with van der Waals surface area (Å²) < 4.78 is 23.1. The largest absolute Gasteiger partial charge is 0.367 e. The number of rotatable bonds is 4. The van der Waals surface area contributed by atoms with Crippen LogP contribution >= 0.6 is 0 Å². The van der Waals surface area contributed by atoms with Crippen LogP contribution in [-0.2, 0) is 27.6 Å². The van der Waals surface area contributed by atoms with Gasteiger partial charge in [-0.05, 0) is 48.7 Å². The molecule has 31 heavy (non-hydrogen) atoms. The predicted octanol–water partition coefficient (Wildman–Crippen LogP) is 1.62. The van der Waals surface area contributed by atoms with Gasteiger partial charge in [0.15, 0.2) is 9.84 Å². The van der Waals surface area contributed by atoms with Crippen molar-refractivity contribution in [3.63, 3.8) is 0 Å². The maximum atomic E-state index is 12.6. The van der Waals surface area contributed by atoms with E-state index in [-0.39, 0.29) is 36.4 Å². The van der Waals surface area contributed by atoms with E-state index in [4.69, 9.17) is 0 Å². The number of carbonyl (C=O) groups is 2. The average Bonchev–Trinajstić information content (AvgIpc) is 2.78. The first-order valence-corrected chi connectivity index (χ1v) is 12.4. The minimum absolute atomic E-state index is 0.0259. The van der Waals surface area contributed by atoms with E-state index in [1.165, 1.54) is 16.0 Å². The zero-order valence-electron chi connectivity index (χ0n) is 17.6. The van der Waals surface area contributed by atoms with Gasteiger partial charge in [0.25, 0.3) is 5.91 Å². The maximum Gasteiger partial charge on any atom is 0.251 e. The van der Waals surface area contributed by atoms with Crippen LogP contribution in [0.3, 0.4) is 0 Å². The smallest absolute Gasteiger partial charge is 0.251 e. The number of sulfone groups is 1. The minimum atomic E-state index is -3.06. The zero-order chi connectivity index (χ0) is 22.0. The molecule has 0 saturated carbocycles. The molecule has 2 aliphatic rings. The summed E-state index contributed by atoms with van der Waals surface area (Å²) in [7, 11) is -3.06. The molecule has 8 heteroatoms. The minimum Gasteiger partial charge on any atom is -0.367 e. The monoisotopic (exact) mass is 441 g/mol. The van der Waals surface area contributed by atoms with Crippen LogP contribution in [0.1, 0.15) is 28.4 Å². The van der Waals surface area contributed by atoms with Crippen LogP contribution in [-0.4, -0.2) is 62.3 Å². The zero-order valence-corrected chi connectivity index (χ0v) is 18.4. The summed E-state index contributed by atoms with van der Waals surface area (Å²) in [6.07, 6.45) is 0.996. The number of nitrogens with zero attached hydrogens (tertiary/aromatic N) is 2. The second kappa shape index (κ2) is 8.70. The highest BCUT2D eigenvalue weighted by Gasteiger charge is 2.28. The molecule has 2 amide bonds. The van der Waals surface area contributed by atoms with E-state index < -0.39 is 15.9 Å². The first-order valence-electron chi connectivity index (χ1n) is 10.5. The summed E-state index contributed by atoms with van der Waals surface area (Å²) in [4.78, 5) is 28.9. The normalized spacial score (nSPS) is 18.7. The number of amides is 2. The second-order valence-electron chi connectivity index (χ2n) is 8.16. The number of carbonyl (C=O) groups excluding carboxylic acids is 2. The van der Waals surface area contributed by atoms with Crippen molar-refractivity contribution in [2.75, 3.05) is 36.0 Å². The SMILES string of the molecule is CC(NC(=O)c1ccc(N2CCc3ccccc3C2)cc1)C(=O)N1CCS(=O)(=O)CC1. The molecule has 7 nitrogen and oxygen atoms in total. The Morgan fingerprint density at radius 1 is 0.935 bits per heavy atom. The fourth-order valence-electron chi connectivity index (χ4n) is 4.09. The fourth-order valence-corrected chi connectivity index (χ4v) is 5.29. The van der Waals surface area contributed by atoms with Gasteiger partial charge >= 0.3 is 0 Å². The summed E-state index contributed by atoms with van der Waals surface area (Å²) in [6.45, 7) is 3.76. The molecule has 164 valence electrons. The van der Waals surface area contributed by atoms with Gasteiger partial charge in [0.1, 0.15) is 6.04 Å². The Balaban J connectivity index is 1.35. The van der Waals surface area contributed by atoms with Crippen LogP contribution in [0.15, 0.2) is 48.5 Å².